The molecular formula is C15H32N2O. The predicted molar refractivity (Wildman–Crippen MR) is 77.7 cm³/mol. The molecule has 3 nitrogen and oxygen atoms in total. The second-order valence-electron chi connectivity index (χ2n) is 6.08. The van der Waals surface area contributed by atoms with Gasteiger partial charge in [-0.1, -0.05) is 27.7 Å². The van der Waals surface area contributed by atoms with Gasteiger partial charge in [0.1, 0.15) is 0 Å². The molecule has 0 amide bonds. The van der Waals surface area contributed by atoms with Crippen LogP contribution in [0.2, 0.25) is 0 Å². The zero-order valence-corrected chi connectivity index (χ0v) is 12.9. The topological polar surface area (TPSA) is 38.5 Å². The lowest BCUT2D eigenvalue weighted by atomic mass is 9.80. The van der Waals surface area contributed by atoms with E-state index in [9.17, 15) is 0 Å². The first-order valence-electron chi connectivity index (χ1n) is 7.59. The van der Waals surface area contributed by atoms with Crippen molar-refractivity contribution >= 4 is 0 Å². The van der Waals surface area contributed by atoms with Crippen LogP contribution in [0.4, 0.5) is 0 Å². The van der Waals surface area contributed by atoms with Crippen molar-refractivity contribution in [2.75, 3.05) is 19.7 Å². The van der Waals surface area contributed by atoms with Gasteiger partial charge >= 0.3 is 0 Å². The maximum Gasteiger partial charge on any atom is 0.0616 e. The Morgan fingerprint density at radius 2 is 2.00 bits per heavy atom. The molecule has 0 radical (unpaired) electrons. The lowest BCUT2D eigenvalue weighted by Gasteiger charge is -2.51. The number of rotatable bonds is 6. The summed E-state index contributed by atoms with van der Waals surface area (Å²) in [6, 6.07) is 0.601. The van der Waals surface area contributed by atoms with Gasteiger partial charge in [0.15, 0.2) is 0 Å². The average molecular weight is 256 g/mol. The van der Waals surface area contributed by atoms with Gasteiger partial charge in [-0.3, -0.25) is 4.90 Å². The van der Waals surface area contributed by atoms with Crippen LogP contribution in [0, 0.1) is 5.92 Å². The number of ether oxygens (including phenoxy) is 1. The minimum atomic E-state index is 0.150. The van der Waals surface area contributed by atoms with E-state index >= 15 is 0 Å². The Kier molecular flexibility index (Phi) is 6.09. The van der Waals surface area contributed by atoms with E-state index in [0.29, 0.717) is 18.1 Å². The van der Waals surface area contributed by atoms with E-state index in [0.717, 1.165) is 32.5 Å². The highest BCUT2D eigenvalue weighted by molar-refractivity contribution is 4.98. The molecule has 1 heterocycles. The standard InChI is InChI=1S/C15H32N2O/c1-6-13(5)17(7-2)15(11-16)8-9-18-14(10-15)12(3)4/h12-14H,6-11,16H2,1-5H3. The molecule has 3 heteroatoms. The molecule has 108 valence electrons. The molecule has 0 aromatic rings. The van der Waals surface area contributed by atoms with Crippen LogP contribution in [0.3, 0.4) is 0 Å². The third-order valence-corrected chi connectivity index (χ3v) is 4.68. The van der Waals surface area contributed by atoms with E-state index in [2.05, 4.69) is 39.5 Å². The summed E-state index contributed by atoms with van der Waals surface area (Å²) in [5.74, 6) is 0.576. The number of likely N-dealkylation sites (N-methyl/N-ethyl adjacent to an activating group) is 1. The Morgan fingerprint density at radius 3 is 2.44 bits per heavy atom. The smallest absolute Gasteiger partial charge is 0.0616 e. The summed E-state index contributed by atoms with van der Waals surface area (Å²) in [7, 11) is 0. The van der Waals surface area contributed by atoms with Crippen LogP contribution in [-0.4, -0.2) is 42.3 Å². The van der Waals surface area contributed by atoms with Gasteiger partial charge in [-0.2, -0.15) is 0 Å². The summed E-state index contributed by atoms with van der Waals surface area (Å²) < 4.78 is 5.92. The SMILES string of the molecule is CCC(C)N(CC)C1(CN)CCOC(C(C)C)C1. The molecule has 1 rings (SSSR count). The summed E-state index contributed by atoms with van der Waals surface area (Å²) in [5, 5.41) is 0. The fourth-order valence-electron chi connectivity index (χ4n) is 3.26. The molecular weight excluding hydrogens is 224 g/mol. The lowest BCUT2D eigenvalue weighted by molar-refractivity contribution is -0.0957. The molecule has 2 N–H and O–H groups in total. The van der Waals surface area contributed by atoms with E-state index in [4.69, 9.17) is 10.5 Å². The summed E-state index contributed by atoms with van der Waals surface area (Å²) in [6.07, 6.45) is 3.70. The normalized spacial score (nSPS) is 31.0. The van der Waals surface area contributed by atoms with Crippen molar-refractivity contribution in [1.29, 1.82) is 0 Å². The molecule has 0 saturated carbocycles. The second-order valence-corrected chi connectivity index (χ2v) is 6.08. The van der Waals surface area contributed by atoms with Gasteiger partial charge in [-0.25, -0.2) is 0 Å². The van der Waals surface area contributed by atoms with E-state index in [-0.39, 0.29) is 5.54 Å². The Bertz CT molecular complexity index is 245. The first-order chi connectivity index (χ1) is 8.50. The predicted octanol–water partition coefficient (Wildman–Crippen LogP) is 2.64. The van der Waals surface area contributed by atoms with Gasteiger partial charge in [-0.15, -0.1) is 0 Å². The van der Waals surface area contributed by atoms with Crippen molar-refractivity contribution < 1.29 is 4.74 Å². The van der Waals surface area contributed by atoms with Crippen LogP contribution >= 0.6 is 0 Å². The van der Waals surface area contributed by atoms with Crippen LogP contribution in [-0.2, 0) is 4.74 Å². The first kappa shape index (κ1) is 15.9. The quantitative estimate of drug-likeness (QED) is 0.794. The summed E-state index contributed by atoms with van der Waals surface area (Å²) >= 11 is 0. The third-order valence-electron chi connectivity index (χ3n) is 4.68. The van der Waals surface area contributed by atoms with Crippen LogP contribution < -0.4 is 5.73 Å². The van der Waals surface area contributed by atoms with Gasteiger partial charge in [-0.05, 0) is 38.6 Å². The van der Waals surface area contributed by atoms with Crippen molar-refractivity contribution in [2.45, 2.75) is 71.6 Å². The number of nitrogens with zero attached hydrogens (tertiary/aromatic N) is 1. The van der Waals surface area contributed by atoms with E-state index in [1.165, 1.54) is 6.42 Å². The van der Waals surface area contributed by atoms with Gasteiger partial charge in [0.2, 0.25) is 0 Å². The maximum atomic E-state index is 6.17. The fourth-order valence-corrected chi connectivity index (χ4v) is 3.26. The van der Waals surface area contributed by atoms with Crippen molar-refractivity contribution in [3.8, 4) is 0 Å². The Labute approximate surface area is 113 Å². The third kappa shape index (κ3) is 3.25. The van der Waals surface area contributed by atoms with Crippen molar-refractivity contribution in [3.05, 3.63) is 0 Å². The molecule has 1 aliphatic rings. The zero-order chi connectivity index (χ0) is 13.8. The number of hydrogen-bond acceptors (Lipinski definition) is 3. The number of hydrogen-bond donors (Lipinski definition) is 1. The minimum absolute atomic E-state index is 0.150. The molecule has 0 bridgehead atoms. The van der Waals surface area contributed by atoms with Gasteiger partial charge in [0, 0.05) is 24.7 Å². The lowest BCUT2D eigenvalue weighted by Crippen LogP contribution is -2.61. The van der Waals surface area contributed by atoms with Crippen molar-refractivity contribution in [2.24, 2.45) is 11.7 Å². The molecule has 1 aliphatic heterocycles. The van der Waals surface area contributed by atoms with Crippen molar-refractivity contribution in [3.63, 3.8) is 0 Å². The van der Waals surface area contributed by atoms with Gasteiger partial charge in [0.05, 0.1) is 6.10 Å². The van der Waals surface area contributed by atoms with Gasteiger partial charge in [0.25, 0.3) is 0 Å². The Morgan fingerprint density at radius 1 is 1.33 bits per heavy atom. The van der Waals surface area contributed by atoms with Crippen LogP contribution in [0.15, 0.2) is 0 Å². The molecule has 1 fully saturated rings. The molecule has 0 aromatic carbocycles. The molecule has 0 aliphatic carbocycles. The van der Waals surface area contributed by atoms with Gasteiger partial charge < -0.3 is 10.5 Å². The molecule has 0 aromatic heterocycles. The van der Waals surface area contributed by atoms with E-state index in [1.807, 2.05) is 0 Å². The zero-order valence-electron chi connectivity index (χ0n) is 12.9. The summed E-state index contributed by atoms with van der Waals surface area (Å²) in [6.45, 7) is 14.0. The highest BCUT2D eigenvalue weighted by Gasteiger charge is 2.42. The monoisotopic (exact) mass is 256 g/mol. The highest BCUT2D eigenvalue weighted by Crippen LogP contribution is 2.34. The van der Waals surface area contributed by atoms with Crippen molar-refractivity contribution in [1.82, 2.24) is 4.90 Å². The highest BCUT2D eigenvalue weighted by atomic mass is 16.5. The fraction of sp³-hybridized carbons (Fsp3) is 1.00. The summed E-state index contributed by atoms with van der Waals surface area (Å²) in [5.41, 5.74) is 6.32. The average Bonchev–Trinajstić information content (AvgIpc) is 2.39. The van der Waals surface area contributed by atoms with Crippen LogP contribution in [0.1, 0.15) is 53.9 Å². The Balaban J connectivity index is 2.88. The molecule has 18 heavy (non-hydrogen) atoms. The molecule has 3 atom stereocenters. The van der Waals surface area contributed by atoms with E-state index in [1.54, 1.807) is 0 Å². The van der Waals surface area contributed by atoms with Crippen LogP contribution in [0.25, 0.3) is 0 Å². The maximum absolute atomic E-state index is 6.17. The minimum Gasteiger partial charge on any atom is -0.378 e. The Hall–Kier alpha value is -0.120. The molecule has 1 saturated heterocycles. The largest absolute Gasteiger partial charge is 0.378 e. The molecule has 0 spiro atoms. The summed E-state index contributed by atoms with van der Waals surface area (Å²) in [4.78, 5) is 2.62. The molecule has 3 unspecified atom stereocenters. The second kappa shape index (κ2) is 6.88. The number of nitrogens with two attached hydrogens (primary N) is 1. The van der Waals surface area contributed by atoms with E-state index < -0.39 is 0 Å². The van der Waals surface area contributed by atoms with Crippen LogP contribution in [0.5, 0.6) is 0 Å². The first-order valence-corrected chi connectivity index (χ1v) is 7.59.